The van der Waals surface area contributed by atoms with Crippen LogP contribution >= 0.6 is 0 Å². The van der Waals surface area contributed by atoms with Crippen molar-refractivity contribution in [3.8, 4) is 0 Å². The highest BCUT2D eigenvalue weighted by Crippen LogP contribution is 2.09. The first kappa shape index (κ1) is 13.1. The molecule has 0 radical (unpaired) electrons. The second-order valence-corrected chi connectivity index (χ2v) is 3.52. The molecule has 0 atom stereocenters. The number of aliphatic hydroxyl groups excluding tert-OH is 1. The number of aliphatic carboxylic acids is 1. The first-order valence-corrected chi connectivity index (χ1v) is 5.26. The van der Waals surface area contributed by atoms with Crippen molar-refractivity contribution < 1.29 is 19.8 Å². The summed E-state index contributed by atoms with van der Waals surface area (Å²) < 4.78 is 0. The first-order chi connectivity index (χ1) is 8.13. The molecule has 1 aromatic carbocycles. The van der Waals surface area contributed by atoms with Gasteiger partial charge < -0.3 is 10.2 Å². The number of carboxylic acids is 1. The monoisotopic (exact) mass is 234 g/mol. The van der Waals surface area contributed by atoms with Crippen LogP contribution in [0.2, 0.25) is 0 Å². The van der Waals surface area contributed by atoms with Crippen LogP contribution in [0.1, 0.15) is 28.8 Å². The summed E-state index contributed by atoms with van der Waals surface area (Å²) in [6, 6.07) is 6.81. The Bertz CT molecular complexity index is 418. The van der Waals surface area contributed by atoms with E-state index in [0.717, 1.165) is 5.56 Å². The van der Waals surface area contributed by atoms with E-state index in [9.17, 15) is 9.59 Å². The van der Waals surface area contributed by atoms with Crippen LogP contribution < -0.4 is 0 Å². The van der Waals surface area contributed by atoms with Crippen LogP contribution in [0, 0.1) is 0 Å². The summed E-state index contributed by atoms with van der Waals surface area (Å²) in [6.07, 6.45) is 3.21. The van der Waals surface area contributed by atoms with E-state index in [1.165, 1.54) is 0 Å². The Labute approximate surface area is 99.2 Å². The number of carboxylic acid groups (broad SMARTS) is 1. The standard InChI is InChI=1S/C13H14O4/c14-9-1-2-10-3-5-11(6-4-10)12(15)7-8-13(16)17/h1-6,14H,7-9H2,(H,16,17). The van der Waals surface area contributed by atoms with Crippen molar-refractivity contribution in [2.24, 2.45) is 0 Å². The lowest BCUT2D eigenvalue weighted by atomic mass is 10.0. The summed E-state index contributed by atoms with van der Waals surface area (Å²) in [5, 5.41) is 17.1. The van der Waals surface area contributed by atoms with E-state index >= 15 is 0 Å². The molecule has 0 unspecified atom stereocenters. The number of benzene rings is 1. The number of rotatable bonds is 6. The lowest BCUT2D eigenvalue weighted by Crippen LogP contribution is -2.03. The number of aliphatic hydroxyl groups is 1. The Morgan fingerprint density at radius 3 is 2.29 bits per heavy atom. The van der Waals surface area contributed by atoms with Crippen molar-refractivity contribution in [2.75, 3.05) is 6.61 Å². The van der Waals surface area contributed by atoms with Crippen molar-refractivity contribution in [3.05, 3.63) is 41.5 Å². The van der Waals surface area contributed by atoms with Gasteiger partial charge in [0, 0.05) is 12.0 Å². The molecule has 0 aliphatic rings. The molecular weight excluding hydrogens is 220 g/mol. The second-order valence-electron chi connectivity index (χ2n) is 3.52. The van der Waals surface area contributed by atoms with Crippen LogP contribution in [0.25, 0.3) is 6.08 Å². The van der Waals surface area contributed by atoms with Crippen LogP contribution in [0.5, 0.6) is 0 Å². The van der Waals surface area contributed by atoms with Gasteiger partial charge in [0.25, 0.3) is 0 Å². The molecule has 0 aromatic heterocycles. The van der Waals surface area contributed by atoms with E-state index in [1.807, 2.05) is 0 Å². The number of carbonyl (C=O) groups is 2. The van der Waals surface area contributed by atoms with Gasteiger partial charge in [-0.1, -0.05) is 36.4 Å². The summed E-state index contributed by atoms with van der Waals surface area (Å²) in [6.45, 7) is -0.0285. The van der Waals surface area contributed by atoms with E-state index in [0.29, 0.717) is 5.56 Å². The molecule has 0 saturated heterocycles. The van der Waals surface area contributed by atoms with Gasteiger partial charge in [-0.25, -0.2) is 0 Å². The maximum absolute atomic E-state index is 11.6. The number of hydrogen-bond acceptors (Lipinski definition) is 3. The Morgan fingerprint density at radius 1 is 1.12 bits per heavy atom. The third-order valence-electron chi connectivity index (χ3n) is 2.21. The number of carbonyl (C=O) groups excluding carboxylic acids is 1. The van der Waals surface area contributed by atoms with Gasteiger partial charge in [-0.05, 0) is 5.56 Å². The van der Waals surface area contributed by atoms with Crippen molar-refractivity contribution in [3.63, 3.8) is 0 Å². The summed E-state index contributed by atoms with van der Waals surface area (Å²) in [5.41, 5.74) is 1.39. The van der Waals surface area contributed by atoms with Gasteiger partial charge in [-0.3, -0.25) is 9.59 Å². The fourth-order valence-electron chi connectivity index (χ4n) is 1.33. The van der Waals surface area contributed by atoms with Gasteiger partial charge >= 0.3 is 5.97 Å². The van der Waals surface area contributed by atoms with E-state index in [4.69, 9.17) is 10.2 Å². The zero-order chi connectivity index (χ0) is 12.7. The normalized spacial score (nSPS) is 10.6. The molecule has 2 N–H and O–H groups in total. The average Bonchev–Trinajstić information content (AvgIpc) is 2.34. The zero-order valence-electron chi connectivity index (χ0n) is 9.30. The van der Waals surface area contributed by atoms with Crippen LogP contribution in [0.3, 0.4) is 0 Å². The highest BCUT2D eigenvalue weighted by Gasteiger charge is 2.07. The smallest absolute Gasteiger partial charge is 0.303 e. The number of ketones is 1. The first-order valence-electron chi connectivity index (χ1n) is 5.26. The number of hydrogen-bond donors (Lipinski definition) is 2. The van der Waals surface area contributed by atoms with Gasteiger partial charge in [0.05, 0.1) is 13.0 Å². The molecule has 1 aromatic rings. The molecule has 0 aliphatic carbocycles. The van der Waals surface area contributed by atoms with Crippen LogP contribution in [0.15, 0.2) is 30.3 Å². The van der Waals surface area contributed by atoms with Crippen molar-refractivity contribution in [1.29, 1.82) is 0 Å². The minimum absolute atomic E-state index is 0.0150. The minimum Gasteiger partial charge on any atom is -0.481 e. The van der Waals surface area contributed by atoms with Gasteiger partial charge in [0.2, 0.25) is 0 Å². The van der Waals surface area contributed by atoms with Crippen LogP contribution in [0.4, 0.5) is 0 Å². The predicted octanol–water partition coefficient (Wildman–Crippen LogP) is 1.74. The van der Waals surface area contributed by atoms with E-state index in [1.54, 1.807) is 36.4 Å². The fourth-order valence-corrected chi connectivity index (χ4v) is 1.33. The largest absolute Gasteiger partial charge is 0.481 e. The molecule has 90 valence electrons. The molecule has 4 heteroatoms. The fraction of sp³-hybridized carbons (Fsp3) is 0.231. The Kier molecular flexibility index (Phi) is 5.10. The average molecular weight is 234 g/mol. The molecule has 0 bridgehead atoms. The summed E-state index contributed by atoms with van der Waals surface area (Å²) >= 11 is 0. The maximum Gasteiger partial charge on any atom is 0.303 e. The van der Waals surface area contributed by atoms with E-state index in [2.05, 4.69) is 0 Å². The lowest BCUT2D eigenvalue weighted by molar-refractivity contribution is -0.136. The molecule has 0 fully saturated rings. The quantitative estimate of drug-likeness (QED) is 0.735. The molecule has 0 aliphatic heterocycles. The summed E-state index contributed by atoms with van der Waals surface area (Å²) in [7, 11) is 0. The molecule has 1 rings (SSSR count). The second kappa shape index (κ2) is 6.60. The lowest BCUT2D eigenvalue weighted by Gasteiger charge is -2.00. The van der Waals surface area contributed by atoms with Gasteiger partial charge in [0.1, 0.15) is 0 Å². The number of Topliss-reactive ketones (excluding diaryl/α,β-unsaturated/α-hetero) is 1. The zero-order valence-corrected chi connectivity index (χ0v) is 9.30. The molecule has 4 nitrogen and oxygen atoms in total. The minimum atomic E-state index is -0.971. The topological polar surface area (TPSA) is 74.6 Å². The van der Waals surface area contributed by atoms with Crippen molar-refractivity contribution in [1.82, 2.24) is 0 Å². The van der Waals surface area contributed by atoms with Crippen LogP contribution in [-0.4, -0.2) is 28.6 Å². The maximum atomic E-state index is 11.6. The van der Waals surface area contributed by atoms with Gasteiger partial charge in [-0.15, -0.1) is 0 Å². The molecule has 17 heavy (non-hydrogen) atoms. The SMILES string of the molecule is O=C(O)CCC(=O)c1ccc(C=CCO)cc1. The highest BCUT2D eigenvalue weighted by atomic mass is 16.4. The third kappa shape index (κ3) is 4.61. The Balaban J connectivity index is 2.63. The molecular formula is C13H14O4. The van der Waals surface area contributed by atoms with Crippen molar-refractivity contribution in [2.45, 2.75) is 12.8 Å². The van der Waals surface area contributed by atoms with Crippen molar-refractivity contribution >= 4 is 17.8 Å². The van der Waals surface area contributed by atoms with E-state index < -0.39 is 5.97 Å². The van der Waals surface area contributed by atoms with Gasteiger partial charge in [0.15, 0.2) is 5.78 Å². The molecule has 0 amide bonds. The summed E-state index contributed by atoms with van der Waals surface area (Å²) in [4.78, 5) is 21.9. The third-order valence-corrected chi connectivity index (χ3v) is 2.21. The van der Waals surface area contributed by atoms with Gasteiger partial charge in [-0.2, -0.15) is 0 Å². The predicted molar refractivity (Wildman–Crippen MR) is 63.8 cm³/mol. The molecule has 0 heterocycles. The highest BCUT2D eigenvalue weighted by molar-refractivity contribution is 5.97. The van der Waals surface area contributed by atoms with E-state index in [-0.39, 0.29) is 25.2 Å². The Morgan fingerprint density at radius 2 is 1.76 bits per heavy atom. The Hall–Kier alpha value is -1.94. The molecule has 0 spiro atoms. The van der Waals surface area contributed by atoms with Crippen LogP contribution in [-0.2, 0) is 4.79 Å². The molecule has 0 saturated carbocycles. The summed E-state index contributed by atoms with van der Waals surface area (Å²) in [5.74, 6) is -1.15.